The Morgan fingerprint density at radius 3 is 2.38 bits per heavy atom. The van der Waals surface area contributed by atoms with Crippen LogP contribution in [0, 0.1) is 6.92 Å². The van der Waals surface area contributed by atoms with Gasteiger partial charge in [-0.15, -0.1) is 11.3 Å². The summed E-state index contributed by atoms with van der Waals surface area (Å²) in [5, 5.41) is 2.15. The summed E-state index contributed by atoms with van der Waals surface area (Å²) in [5.74, 6) is 0. The van der Waals surface area contributed by atoms with Crippen molar-refractivity contribution in [1.82, 2.24) is 0 Å². The molecule has 0 radical (unpaired) electrons. The summed E-state index contributed by atoms with van der Waals surface area (Å²) >= 11 is 1.75. The van der Waals surface area contributed by atoms with E-state index < -0.39 is 0 Å². The number of aryl methyl sites for hydroxylation is 1. The maximum absolute atomic E-state index is 6.38. The highest BCUT2D eigenvalue weighted by atomic mass is 32.1. The van der Waals surface area contributed by atoms with Crippen LogP contribution >= 0.6 is 11.3 Å². The molecule has 2 nitrogen and oxygen atoms in total. The molecule has 0 amide bonds. The van der Waals surface area contributed by atoms with Crippen LogP contribution in [0.3, 0.4) is 0 Å². The summed E-state index contributed by atoms with van der Waals surface area (Å²) in [6.45, 7) is 9.17. The van der Waals surface area contributed by atoms with E-state index in [9.17, 15) is 0 Å². The van der Waals surface area contributed by atoms with Gasteiger partial charge in [-0.3, -0.25) is 0 Å². The van der Waals surface area contributed by atoms with Crippen LogP contribution in [-0.4, -0.2) is 12.2 Å². The molecular formula is C13H23NOS. The number of nitrogens with two attached hydrogens (primary N) is 1. The molecule has 0 aliphatic rings. The molecule has 0 aromatic carbocycles. The van der Waals surface area contributed by atoms with Gasteiger partial charge in [0.25, 0.3) is 0 Å². The lowest BCUT2D eigenvalue weighted by Gasteiger charge is -2.37. The molecule has 0 saturated heterocycles. The number of hydrogen-bond acceptors (Lipinski definition) is 3. The minimum absolute atomic E-state index is 0.0209. The fraction of sp³-hybridized carbons (Fsp3) is 0.692. The van der Waals surface area contributed by atoms with Crippen LogP contribution in [-0.2, 0) is 4.74 Å². The average molecular weight is 241 g/mol. The first-order valence-corrected chi connectivity index (χ1v) is 6.92. The summed E-state index contributed by atoms with van der Waals surface area (Å²) in [7, 11) is 0. The summed E-state index contributed by atoms with van der Waals surface area (Å²) < 4.78 is 5.93. The molecule has 1 rings (SSSR count). The number of thiophene rings is 1. The summed E-state index contributed by atoms with van der Waals surface area (Å²) in [4.78, 5) is 1.31. The number of rotatable bonds is 6. The Morgan fingerprint density at radius 1 is 1.38 bits per heavy atom. The third-order valence-electron chi connectivity index (χ3n) is 3.31. The molecule has 1 heterocycles. The molecule has 16 heavy (non-hydrogen) atoms. The molecule has 3 heteroatoms. The van der Waals surface area contributed by atoms with Crippen molar-refractivity contribution in [3.8, 4) is 0 Å². The Labute approximate surface area is 103 Å². The molecule has 1 unspecified atom stereocenters. The molecule has 0 bridgehead atoms. The van der Waals surface area contributed by atoms with Crippen molar-refractivity contribution in [2.45, 2.75) is 52.2 Å². The van der Waals surface area contributed by atoms with Crippen LogP contribution < -0.4 is 5.73 Å². The van der Waals surface area contributed by atoms with E-state index in [0.717, 1.165) is 19.4 Å². The predicted octanol–water partition coefficient (Wildman–Crippen LogP) is 3.65. The first-order valence-electron chi connectivity index (χ1n) is 6.04. The van der Waals surface area contributed by atoms with E-state index in [1.807, 2.05) is 6.92 Å². The van der Waals surface area contributed by atoms with Gasteiger partial charge in [-0.1, -0.05) is 13.8 Å². The van der Waals surface area contributed by atoms with Gasteiger partial charge in [-0.2, -0.15) is 0 Å². The second-order valence-electron chi connectivity index (χ2n) is 4.17. The summed E-state index contributed by atoms with van der Waals surface area (Å²) in [6, 6.07) is 2.15. The van der Waals surface area contributed by atoms with E-state index >= 15 is 0 Å². The van der Waals surface area contributed by atoms with Gasteiger partial charge in [-0.25, -0.2) is 0 Å². The highest BCUT2D eigenvalue weighted by molar-refractivity contribution is 7.10. The highest BCUT2D eigenvalue weighted by Crippen LogP contribution is 2.35. The zero-order valence-corrected chi connectivity index (χ0v) is 11.6. The van der Waals surface area contributed by atoms with E-state index in [1.165, 1.54) is 10.4 Å². The van der Waals surface area contributed by atoms with E-state index in [-0.39, 0.29) is 11.6 Å². The third-order valence-corrected chi connectivity index (χ3v) is 4.19. The second-order valence-corrected chi connectivity index (χ2v) is 5.29. The number of ether oxygens (including phenoxy) is 1. The fourth-order valence-electron chi connectivity index (χ4n) is 2.20. The Kier molecular flexibility index (Phi) is 4.96. The molecule has 1 atom stereocenters. The smallest absolute Gasteiger partial charge is 0.0869 e. The van der Waals surface area contributed by atoms with Crippen LogP contribution in [0.25, 0.3) is 0 Å². The SMILES string of the molecule is CCOC(CC)(CC)C(N)c1csc(C)c1. The Hall–Kier alpha value is -0.380. The maximum Gasteiger partial charge on any atom is 0.0869 e. The van der Waals surface area contributed by atoms with E-state index in [0.29, 0.717) is 0 Å². The minimum atomic E-state index is -0.206. The zero-order chi connectivity index (χ0) is 12.2. The van der Waals surface area contributed by atoms with Crippen molar-refractivity contribution in [3.05, 3.63) is 21.9 Å². The van der Waals surface area contributed by atoms with E-state index in [2.05, 4.69) is 32.2 Å². The van der Waals surface area contributed by atoms with Gasteiger partial charge < -0.3 is 10.5 Å². The van der Waals surface area contributed by atoms with Gasteiger partial charge in [0.1, 0.15) is 0 Å². The van der Waals surface area contributed by atoms with Crippen LogP contribution in [0.15, 0.2) is 11.4 Å². The van der Waals surface area contributed by atoms with Crippen LogP contribution in [0.2, 0.25) is 0 Å². The lowest BCUT2D eigenvalue weighted by Crippen LogP contribution is -2.42. The van der Waals surface area contributed by atoms with E-state index in [1.54, 1.807) is 11.3 Å². The van der Waals surface area contributed by atoms with Crippen molar-refractivity contribution in [1.29, 1.82) is 0 Å². The molecule has 92 valence electrons. The molecule has 0 aliphatic carbocycles. The molecule has 1 aromatic heterocycles. The van der Waals surface area contributed by atoms with Gasteiger partial charge >= 0.3 is 0 Å². The first kappa shape index (κ1) is 13.7. The van der Waals surface area contributed by atoms with Crippen molar-refractivity contribution < 1.29 is 4.74 Å². The quantitative estimate of drug-likeness (QED) is 0.825. The Morgan fingerprint density at radius 2 is 2.00 bits per heavy atom. The molecule has 0 spiro atoms. The molecule has 0 fully saturated rings. The topological polar surface area (TPSA) is 35.2 Å². The summed E-state index contributed by atoms with van der Waals surface area (Å²) in [5.41, 5.74) is 7.38. The van der Waals surface area contributed by atoms with Crippen molar-refractivity contribution in [2.24, 2.45) is 5.73 Å². The monoisotopic (exact) mass is 241 g/mol. The van der Waals surface area contributed by atoms with Crippen molar-refractivity contribution in [3.63, 3.8) is 0 Å². The molecule has 1 aromatic rings. The van der Waals surface area contributed by atoms with Crippen LogP contribution in [0.5, 0.6) is 0 Å². The van der Waals surface area contributed by atoms with Crippen molar-refractivity contribution in [2.75, 3.05) is 6.61 Å². The number of hydrogen-bond donors (Lipinski definition) is 1. The highest BCUT2D eigenvalue weighted by Gasteiger charge is 2.35. The minimum Gasteiger partial charge on any atom is -0.373 e. The molecule has 0 saturated carbocycles. The van der Waals surface area contributed by atoms with Gasteiger partial charge in [0.05, 0.1) is 11.6 Å². The van der Waals surface area contributed by atoms with Crippen LogP contribution in [0.4, 0.5) is 0 Å². The fourth-order valence-corrected chi connectivity index (χ4v) is 2.94. The average Bonchev–Trinajstić information content (AvgIpc) is 2.72. The largest absolute Gasteiger partial charge is 0.373 e. The van der Waals surface area contributed by atoms with Gasteiger partial charge in [0, 0.05) is 11.5 Å². The Bertz CT molecular complexity index is 317. The van der Waals surface area contributed by atoms with Gasteiger partial charge in [0.15, 0.2) is 0 Å². The normalized spacial score (nSPS) is 14.1. The first-order chi connectivity index (χ1) is 7.59. The predicted molar refractivity (Wildman–Crippen MR) is 70.9 cm³/mol. The molecule has 2 N–H and O–H groups in total. The third kappa shape index (κ3) is 2.65. The van der Waals surface area contributed by atoms with Crippen molar-refractivity contribution >= 4 is 11.3 Å². The summed E-state index contributed by atoms with van der Waals surface area (Å²) in [6.07, 6.45) is 1.90. The van der Waals surface area contributed by atoms with E-state index in [4.69, 9.17) is 10.5 Å². The Balaban J connectivity index is 2.94. The maximum atomic E-state index is 6.38. The lowest BCUT2D eigenvalue weighted by atomic mass is 9.85. The lowest BCUT2D eigenvalue weighted by molar-refractivity contribution is -0.0645. The zero-order valence-electron chi connectivity index (χ0n) is 10.7. The van der Waals surface area contributed by atoms with Gasteiger partial charge in [-0.05, 0) is 43.7 Å². The van der Waals surface area contributed by atoms with Gasteiger partial charge in [0.2, 0.25) is 0 Å². The second kappa shape index (κ2) is 5.80. The molecular weight excluding hydrogens is 218 g/mol. The molecule has 0 aliphatic heterocycles. The van der Waals surface area contributed by atoms with Crippen LogP contribution in [0.1, 0.15) is 50.1 Å². The standard InChI is InChI=1S/C13H23NOS/c1-5-13(6-2,15-7-3)12(14)11-8-10(4)16-9-11/h8-9,12H,5-7,14H2,1-4H3.